The van der Waals surface area contributed by atoms with Gasteiger partial charge in [0.25, 0.3) is 0 Å². The van der Waals surface area contributed by atoms with E-state index in [2.05, 4.69) is 11.4 Å². The van der Waals surface area contributed by atoms with Gasteiger partial charge in [0.2, 0.25) is 5.91 Å². The monoisotopic (exact) mass is 310 g/mol. The number of carbonyl (C=O) groups is 1. The van der Waals surface area contributed by atoms with Gasteiger partial charge >= 0.3 is 0 Å². The summed E-state index contributed by atoms with van der Waals surface area (Å²) < 4.78 is 0. The van der Waals surface area contributed by atoms with Crippen LogP contribution in [0.5, 0.6) is 0 Å². The molecule has 0 unspecified atom stereocenters. The largest absolute Gasteiger partial charge is 0.323 e. The summed E-state index contributed by atoms with van der Waals surface area (Å²) in [4.78, 5) is 11.9. The first-order chi connectivity index (χ1) is 10.6. The molecule has 0 heterocycles. The van der Waals surface area contributed by atoms with Gasteiger partial charge in [-0.1, -0.05) is 35.9 Å². The van der Waals surface area contributed by atoms with Crippen LogP contribution in [0, 0.1) is 18.3 Å². The average molecular weight is 311 g/mol. The number of nitrogens with one attached hydrogen (secondary N) is 1. The number of carbonyl (C=O) groups excluding carboxylic acids is 1. The molecular formula is C18H15ClN2O. The fourth-order valence-corrected chi connectivity index (χ4v) is 2.05. The molecule has 0 fully saturated rings. The highest BCUT2D eigenvalue weighted by atomic mass is 35.5. The molecule has 0 saturated heterocycles. The Morgan fingerprint density at radius 3 is 2.64 bits per heavy atom. The van der Waals surface area contributed by atoms with Crippen molar-refractivity contribution in [3.05, 3.63) is 70.3 Å². The molecule has 1 N–H and O–H groups in total. The van der Waals surface area contributed by atoms with E-state index in [0.717, 1.165) is 16.7 Å². The van der Waals surface area contributed by atoms with E-state index in [1.807, 2.05) is 37.3 Å². The van der Waals surface area contributed by atoms with E-state index >= 15 is 0 Å². The fraction of sp³-hybridized carbons (Fsp3) is 0.111. The van der Waals surface area contributed by atoms with Gasteiger partial charge in [-0.25, -0.2) is 0 Å². The first-order valence-electron chi connectivity index (χ1n) is 6.79. The summed E-state index contributed by atoms with van der Waals surface area (Å²) in [6, 6.07) is 14.9. The normalized spacial score (nSPS) is 10.4. The summed E-state index contributed by atoms with van der Waals surface area (Å²) in [5.74, 6) is -0.218. The maximum atomic E-state index is 11.9. The highest BCUT2D eigenvalue weighted by Gasteiger charge is 1.99. The fourth-order valence-electron chi connectivity index (χ4n) is 1.87. The van der Waals surface area contributed by atoms with E-state index in [0.29, 0.717) is 17.1 Å². The summed E-state index contributed by atoms with van der Waals surface area (Å²) in [6.07, 6.45) is 3.54. The Kier molecular flexibility index (Phi) is 5.35. The minimum atomic E-state index is -0.218. The number of halogens is 1. The van der Waals surface area contributed by atoms with Gasteiger partial charge in [0.1, 0.15) is 0 Å². The Morgan fingerprint density at radius 2 is 2.00 bits per heavy atom. The van der Waals surface area contributed by atoms with E-state index in [-0.39, 0.29) is 5.91 Å². The van der Waals surface area contributed by atoms with Gasteiger partial charge in [-0.05, 0) is 47.9 Å². The number of rotatable bonds is 4. The molecule has 0 aliphatic carbocycles. The molecule has 4 heteroatoms. The SMILES string of the molecule is Cc1ccc(/C=C/C(=O)Nc2ccc(CC#N)cc2)cc1Cl. The van der Waals surface area contributed by atoms with Gasteiger partial charge in [-0.15, -0.1) is 0 Å². The number of anilines is 1. The molecule has 3 nitrogen and oxygen atoms in total. The quantitative estimate of drug-likeness (QED) is 0.853. The number of hydrogen-bond acceptors (Lipinski definition) is 2. The van der Waals surface area contributed by atoms with Gasteiger partial charge in [-0.3, -0.25) is 4.79 Å². The van der Waals surface area contributed by atoms with Crippen LogP contribution in [0.4, 0.5) is 5.69 Å². The van der Waals surface area contributed by atoms with Crippen molar-refractivity contribution in [1.29, 1.82) is 5.26 Å². The molecule has 0 radical (unpaired) electrons. The van der Waals surface area contributed by atoms with Crippen LogP contribution < -0.4 is 5.32 Å². The lowest BCUT2D eigenvalue weighted by atomic mass is 10.1. The number of nitrogens with zero attached hydrogens (tertiary/aromatic N) is 1. The second kappa shape index (κ2) is 7.44. The maximum Gasteiger partial charge on any atom is 0.248 e. The standard InChI is InChI=1S/C18H15ClN2O/c1-13-2-3-15(12-17(13)19)6-9-18(22)21-16-7-4-14(5-8-16)10-11-20/h2-9,12H,10H2,1H3,(H,21,22)/b9-6+. The van der Waals surface area contributed by atoms with Crippen molar-refractivity contribution in [1.82, 2.24) is 0 Å². The van der Waals surface area contributed by atoms with Crippen LogP contribution in [0.1, 0.15) is 16.7 Å². The third kappa shape index (κ3) is 4.47. The average Bonchev–Trinajstić information content (AvgIpc) is 2.51. The van der Waals surface area contributed by atoms with Crippen molar-refractivity contribution in [3.8, 4) is 6.07 Å². The third-order valence-corrected chi connectivity index (χ3v) is 3.53. The van der Waals surface area contributed by atoms with E-state index in [4.69, 9.17) is 16.9 Å². The smallest absolute Gasteiger partial charge is 0.248 e. The van der Waals surface area contributed by atoms with E-state index < -0.39 is 0 Å². The molecule has 0 bridgehead atoms. The van der Waals surface area contributed by atoms with Crippen molar-refractivity contribution >= 4 is 29.3 Å². The molecule has 22 heavy (non-hydrogen) atoms. The van der Waals surface area contributed by atoms with Crippen LogP contribution in [-0.2, 0) is 11.2 Å². The van der Waals surface area contributed by atoms with Gasteiger partial charge in [-0.2, -0.15) is 5.26 Å². The zero-order valence-corrected chi connectivity index (χ0v) is 12.9. The number of hydrogen-bond donors (Lipinski definition) is 1. The minimum absolute atomic E-state index is 0.218. The summed E-state index contributed by atoms with van der Waals surface area (Å²) >= 11 is 6.04. The summed E-state index contributed by atoms with van der Waals surface area (Å²) in [6.45, 7) is 1.93. The molecule has 0 aromatic heterocycles. The van der Waals surface area contributed by atoms with Crippen LogP contribution in [0.3, 0.4) is 0 Å². The van der Waals surface area contributed by atoms with Gasteiger partial charge in [0.05, 0.1) is 12.5 Å². The van der Waals surface area contributed by atoms with Crippen molar-refractivity contribution < 1.29 is 4.79 Å². The number of nitriles is 1. The van der Waals surface area contributed by atoms with Gasteiger partial charge in [0.15, 0.2) is 0 Å². The Labute approximate surface area is 134 Å². The predicted octanol–water partition coefficient (Wildman–Crippen LogP) is 4.37. The molecule has 0 aliphatic heterocycles. The van der Waals surface area contributed by atoms with Gasteiger partial charge in [0, 0.05) is 16.8 Å². The lowest BCUT2D eigenvalue weighted by Gasteiger charge is -2.03. The van der Waals surface area contributed by atoms with Crippen LogP contribution >= 0.6 is 11.6 Å². The topological polar surface area (TPSA) is 52.9 Å². The van der Waals surface area contributed by atoms with Crippen LogP contribution in [-0.4, -0.2) is 5.91 Å². The molecule has 0 atom stereocenters. The molecule has 0 saturated carbocycles. The molecule has 0 aliphatic rings. The molecule has 2 rings (SSSR count). The Balaban J connectivity index is 1.98. The highest BCUT2D eigenvalue weighted by molar-refractivity contribution is 6.31. The lowest BCUT2D eigenvalue weighted by molar-refractivity contribution is -0.111. The number of aryl methyl sites for hydroxylation is 1. The van der Waals surface area contributed by atoms with Crippen molar-refractivity contribution in [2.24, 2.45) is 0 Å². The first-order valence-corrected chi connectivity index (χ1v) is 7.17. The Bertz CT molecular complexity index is 743. The molecule has 110 valence electrons. The van der Waals surface area contributed by atoms with Crippen LogP contribution in [0.2, 0.25) is 5.02 Å². The Hall–Kier alpha value is -2.57. The predicted molar refractivity (Wildman–Crippen MR) is 89.6 cm³/mol. The molecular weight excluding hydrogens is 296 g/mol. The summed E-state index contributed by atoms with van der Waals surface area (Å²) in [5.41, 5.74) is 3.49. The van der Waals surface area contributed by atoms with Crippen molar-refractivity contribution in [2.75, 3.05) is 5.32 Å². The van der Waals surface area contributed by atoms with Crippen LogP contribution in [0.15, 0.2) is 48.5 Å². The van der Waals surface area contributed by atoms with E-state index in [1.54, 1.807) is 18.2 Å². The molecule has 2 aromatic carbocycles. The molecule has 0 spiro atoms. The Morgan fingerprint density at radius 1 is 1.27 bits per heavy atom. The minimum Gasteiger partial charge on any atom is -0.323 e. The second-order valence-electron chi connectivity index (χ2n) is 4.86. The summed E-state index contributed by atoms with van der Waals surface area (Å²) in [7, 11) is 0. The summed E-state index contributed by atoms with van der Waals surface area (Å²) in [5, 5.41) is 12.1. The first kappa shape index (κ1) is 15.8. The third-order valence-electron chi connectivity index (χ3n) is 3.13. The molecule has 2 aromatic rings. The van der Waals surface area contributed by atoms with Crippen molar-refractivity contribution in [2.45, 2.75) is 13.3 Å². The number of benzene rings is 2. The lowest BCUT2D eigenvalue weighted by Crippen LogP contribution is -2.07. The van der Waals surface area contributed by atoms with Crippen LogP contribution in [0.25, 0.3) is 6.08 Å². The molecule has 1 amide bonds. The van der Waals surface area contributed by atoms with Crippen molar-refractivity contribution in [3.63, 3.8) is 0 Å². The second-order valence-corrected chi connectivity index (χ2v) is 5.27. The van der Waals surface area contributed by atoms with E-state index in [9.17, 15) is 4.79 Å². The maximum absolute atomic E-state index is 11.9. The van der Waals surface area contributed by atoms with Gasteiger partial charge < -0.3 is 5.32 Å². The number of amides is 1. The zero-order valence-electron chi connectivity index (χ0n) is 12.1. The van der Waals surface area contributed by atoms with E-state index in [1.165, 1.54) is 6.08 Å². The zero-order chi connectivity index (χ0) is 15.9. The highest BCUT2D eigenvalue weighted by Crippen LogP contribution is 2.17.